The van der Waals surface area contributed by atoms with E-state index in [1.165, 1.54) is 32.1 Å². The quantitative estimate of drug-likeness (QED) is 0.727. The Morgan fingerprint density at radius 1 is 1.25 bits per heavy atom. The van der Waals surface area contributed by atoms with Crippen LogP contribution < -0.4 is 5.32 Å². The summed E-state index contributed by atoms with van der Waals surface area (Å²) in [4.78, 5) is 14.9. The number of likely N-dealkylation sites (N-methyl/N-ethyl adjacent to an activating group) is 2. The van der Waals surface area contributed by atoms with Gasteiger partial charge in [-0.25, -0.2) is 4.79 Å². The summed E-state index contributed by atoms with van der Waals surface area (Å²) >= 11 is 0. The van der Waals surface area contributed by atoms with Gasteiger partial charge in [0.25, 0.3) is 0 Å². The Balaban J connectivity index is 2.04. The summed E-state index contributed by atoms with van der Waals surface area (Å²) in [7, 11) is 4.08. The van der Waals surface area contributed by atoms with Crippen LogP contribution in [-0.2, 0) is 9.53 Å². The van der Waals surface area contributed by atoms with Gasteiger partial charge < -0.3 is 15.0 Å². The normalized spacial score (nSPS) is 23.6. The van der Waals surface area contributed by atoms with Gasteiger partial charge in [-0.05, 0) is 52.6 Å². The minimum atomic E-state index is -0.498. The molecule has 0 radical (unpaired) electrons. The summed E-state index contributed by atoms with van der Waals surface area (Å²) in [5.41, 5.74) is -0.498. The molecule has 4 heteroatoms. The van der Waals surface area contributed by atoms with Gasteiger partial charge in [-0.1, -0.05) is 19.3 Å². The molecular formula is C16H30N2O2. The Kier molecular flexibility index (Phi) is 5.44. The van der Waals surface area contributed by atoms with Crippen LogP contribution in [0, 0.1) is 5.92 Å². The molecule has 0 aliphatic heterocycles. The lowest BCUT2D eigenvalue weighted by molar-refractivity contribution is -0.153. The first-order valence-electron chi connectivity index (χ1n) is 8.20. The smallest absolute Gasteiger partial charge is 0.327 e. The third kappa shape index (κ3) is 3.34. The Morgan fingerprint density at radius 3 is 2.40 bits per heavy atom. The minimum absolute atomic E-state index is 0.0624. The van der Waals surface area contributed by atoms with Crippen LogP contribution >= 0.6 is 0 Å². The van der Waals surface area contributed by atoms with E-state index in [4.69, 9.17) is 4.74 Å². The van der Waals surface area contributed by atoms with Gasteiger partial charge in [0.15, 0.2) is 0 Å². The first-order valence-corrected chi connectivity index (χ1v) is 8.20. The van der Waals surface area contributed by atoms with Crippen LogP contribution in [0.4, 0.5) is 0 Å². The van der Waals surface area contributed by atoms with Crippen molar-refractivity contribution in [2.24, 2.45) is 5.92 Å². The molecule has 0 amide bonds. The number of rotatable bonds is 7. The fourth-order valence-electron chi connectivity index (χ4n) is 3.63. The van der Waals surface area contributed by atoms with Crippen molar-refractivity contribution < 1.29 is 9.53 Å². The molecule has 0 heterocycles. The highest BCUT2D eigenvalue weighted by atomic mass is 16.5. The average molecular weight is 282 g/mol. The van der Waals surface area contributed by atoms with Gasteiger partial charge in [-0.3, -0.25) is 0 Å². The monoisotopic (exact) mass is 282 g/mol. The molecule has 20 heavy (non-hydrogen) atoms. The molecule has 0 aromatic carbocycles. The highest BCUT2D eigenvalue weighted by molar-refractivity contribution is 5.82. The fourth-order valence-corrected chi connectivity index (χ4v) is 3.63. The van der Waals surface area contributed by atoms with Gasteiger partial charge >= 0.3 is 5.97 Å². The molecule has 0 saturated heterocycles. The Morgan fingerprint density at radius 2 is 1.90 bits per heavy atom. The largest absolute Gasteiger partial charge is 0.465 e. The van der Waals surface area contributed by atoms with E-state index >= 15 is 0 Å². The number of hydrogen-bond acceptors (Lipinski definition) is 4. The lowest BCUT2D eigenvalue weighted by Gasteiger charge is -2.39. The van der Waals surface area contributed by atoms with Crippen LogP contribution in [0.5, 0.6) is 0 Å². The maximum Gasteiger partial charge on any atom is 0.327 e. The van der Waals surface area contributed by atoms with Gasteiger partial charge in [0.2, 0.25) is 0 Å². The van der Waals surface area contributed by atoms with E-state index < -0.39 is 5.54 Å². The lowest BCUT2D eigenvalue weighted by atomic mass is 9.89. The second-order valence-electron chi connectivity index (χ2n) is 6.42. The van der Waals surface area contributed by atoms with Crippen molar-refractivity contribution in [2.45, 2.75) is 63.5 Å². The molecule has 2 rings (SSSR count). The summed E-state index contributed by atoms with van der Waals surface area (Å²) in [6, 6.07) is 0.629. The molecular weight excluding hydrogens is 252 g/mol. The Labute approximate surface area is 123 Å². The Hall–Kier alpha value is -0.610. The van der Waals surface area contributed by atoms with Crippen molar-refractivity contribution in [3.8, 4) is 0 Å². The number of hydrogen-bond donors (Lipinski definition) is 1. The van der Waals surface area contributed by atoms with Crippen molar-refractivity contribution in [1.29, 1.82) is 0 Å². The first kappa shape index (κ1) is 15.8. The van der Waals surface area contributed by atoms with Crippen molar-refractivity contribution in [3.63, 3.8) is 0 Å². The van der Waals surface area contributed by atoms with E-state index in [0.29, 0.717) is 18.6 Å². The summed E-state index contributed by atoms with van der Waals surface area (Å²) in [6.45, 7) is 3.12. The first-order chi connectivity index (χ1) is 9.64. The minimum Gasteiger partial charge on any atom is -0.465 e. The molecule has 1 atom stereocenters. The summed E-state index contributed by atoms with van der Waals surface area (Å²) in [6.07, 6.45) is 8.82. The van der Waals surface area contributed by atoms with Gasteiger partial charge in [0.1, 0.15) is 5.54 Å². The van der Waals surface area contributed by atoms with Crippen molar-refractivity contribution >= 4 is 5.97 Å². The highest BCUT2D eigenvalue weighted by Gasteiger charge is 2.52. The van der Waals surface area contributed by atoms with Crippen molar-refractivity contribution in [1.82, 2.24) is 10.2 Å². The standard InChI is InChI=1S/C16H30N2O2/c1-4-20-15(19)16(17-2,13-10-11-13)12-18(3)14-8-6-5-7-9-14/h13-14,17H,4-12H2,1-3H3. The number of ether oxygens (including phenoxy) is 1. The summed E-state index contributed by atoms with van der Waals surface area (Å²) in [5, 5.41) is 3.32. The van der Waals surface area contributed by atoms with E-state index in [2.05, 4.69) is 17.3 Å². The molecule has 4 nitrogen and oxygen atoms in total. The van der Waals surface area contributed by atoms with Crippen LogP contribution in [0.15, 0.2) is 0 Å². The molecule has 2 aliphatic rings. The lowest BCUT2D eigenvalue weighted by Crippen LogP contribution is -2.61. The number of esters is 1. The fraction of sp³-hybridized carbons (Fsp3) is 0.938. The zero-order chi connectivity index (χ0) is 14.6. The SMILES string of the molecule is CCOC(=O)C(CN(C)C1CCCCC1)(NC)C1CC1. The van der Waals surface area contributed by atoms with Crippen LogP contribution in [0.1, 0.15) is 51.9 Å². The van der Waals surface area contributed by atoms with Crippen LogP contribution in [0.3, 0.4) is 0 Å². The number of carbonyl (C=O) groups is 1. The maximum absolute atomic E-state index is 12.5. The van der Waals surface area contributed by atoms with E-state index in [9.17, 15) is 4.79 Å². The molecule has 116 valence electrons. The van der Waals surface area contributed by atoms with Gasteiger partial charge in [0.05, 0.1) is 6.61 Å². The van der Waals surface area contributed by atoms with Crippen LogP contribution in [0.2, 0.25) is 0 Å². The molecule has 2 fully saturated rings. The number of nitrogens with zero attached hydrogens (tertiary/aromatic N) is 1. The van der Waals surface area contributed by atoms with Crippen molar-refractivity contribution in [2.75, 3.05) is 27.2 Å². The molecule has 2 saturated carbocycles. The summed E-state index contributed by atoms with van der Waals surface area (Å²) < 4.78 is 5.36. The molecule has 0 aromatic rings. The van der Waals surface area contributed by atoms with Crippen molar-refractivity contribution in [3.05, 3.63) is 0 Å². The predicted molar refractivity (Wildman–Crippen MR) is 80.7 cm³/mol. The van der Waals surface area contributed by atoms with E-state index in [-0.39, 0.29) is 5.97 Å². The average Bonchev–Trinajstić information content (AvgIpc) is 3.30. The summed E-state index contributed by atoms with van der Waals surface area (Å²) in [5.74, 6) is 0.380. The third-order valence-electron chi connectivity index (χ3n) is 5.06. The topological polar surface area (TPSA) is 41.6 Å². The maximum atomic E-state index is 12.5. The van der Waals surface area contributed by atoms with Gasteiger partial charge in [-0.15, -0.1) is 0 Å². The zero-order valence-corrected chi connectivity index (χ0v) is 13.3. The molecule has 1 N–H and O–H groups in total. The molecule has 1 unspecified atom stereocenters. The molecule has 0 bridgehead atoms. The van der Waals surface area contributed by atoms with E-state index in [1.54, 1.807) is 0 Å². The number of nitrogens with one attached hydrogen (secondary N) is 1. The predicted octanol–water partition coefficient (Wildman–Crippen LogP) is 2.18. The van der Waals surface area contributed by atoms with Gasteiger partial charge in [-0.2, -0.15) is 0 Å². The zero-order valence-electron chi connectivity index (χ0n) is 13.3. The van der Waals surface area contributed by atoms with Gasteiger partial charge in [0, 0.05) is 12.6 Å². The Bertz CT molecular complexity index is 324. The van der Waals surface area contributed by atoms with E-state index in [1.807, 2.05) is 14.0 Å². The van der Waals surface area contributed by atoms with Crippen LogP contribution in [0.25, 0.3) is 0 Å². The number of carbonyl (C=O) groups excluding carboxylic acids is 1. The second kappa shape index (κ2) is 6.90. The molecule has 2 aliphatic carbocycles. The second-order valence-corrected chi connectivity index (χ2v) is 6.42. The molecule has 0 aromatic heterocycles. The highest BCUT2D eigenvalue weighted by Crippen LogP contribution is 2.41. The van der Waals surface area contributed by atoms with E-state index in [0.717, 1.165) is 19.4 Å². The third-order valence-corrected chi connectivity index (χ3v) is 5.06. The van der Waals surface area contributed by atoms with Crippen LogP contribution in [-0.4, -0.2) is 49.7 Å². The molecule has 0 spiro atoms.